The predicted octanol–water partition coefficient (Wildman–Crippen LogP) is 4.13. The second-order valence-electron chi connectivity index (χ2n) is 7.38. The first kappa shape index (κ1) is 29.1. The summed E-state index contributed by atoms with van der Waals surface area (Å²) in [6.07, 6.45) is 17.5. The number of carboxylic acid groups (broad SMARTS) is 1. The fraction of sp³-hybridized carbons (Fsp3) is 0.905. The van der Waals surface area contributed by atoms with Crippen LogP contribution in [-0.2, 0) is 9.59 Å². The molecular weight excluding hydrogens is 351 g/mol. The molecule has 0 bridgehead atoms. The van der Waals surface area contributed by atoms with Crippen molar-refractivity contribution in [3.8, 4) is 0 Å². The first-order chi connectivity index (χ1) is 12.6. The van der Waals surface area contributed by atoms with Gasteiger partial charge in [0, 0.05) is 6.42 Å². The van der Waals surface area contributed by atoms with E-state index < -0.39 is 12.0 Å². The summed E-state index contributed by atoms with van der Waals surface area (Å²) >= 11 is 0. The summed E-state index contributed by atoms with van der Waals surface area (Å²) in [6.45, 7) is 2.80. The molecule has 0 spiro atoms. The monoisotopic (exact) mass is 394 g/mol. The molecule has 1 amide bonds. The molecule has 0 saturated heterocycles. The molecule has 156 valence electrons. The zero-order valence-corrected chi connectivity index (χ0v) is 16.9. The van der Waals surface area contributed by atoms with E-state index >= 15 is 0 Å². The standard InChI is InChI=1S/C21H42N2O3.Na.H/c1-2-3-4-5-6-7-8-9-10-11-12-13-17-20(24)23-19(21(25)26)16-14-15-18-22;;/h19H,2-18,22H2,1H3,(H,23,24)(H,25,26);;/t19-;;/m0../s1. The normalized spacial score (nSPS) is 11.6. The number of nitrogens with one attached hydrogen (secondary N) is 1. The van der Waals surface area contributed by atoms with Crippen molar-refractivity contribution in [3.05, 3.63) is 0 Å². The quantitative estimate of drug-likeness (QED) is 0.227. The van der Waals surface area contributed by atoms with Crippen LogP contribution >= 0.6 is 0 Å². The van der Waals surface area contributed by atoms with Gasteiger partial charge in [-0.25, -0.2) is 4.79 Å². The molecule has 0 aliphatic carbocycles. The Morgan fingerprint density at radius 2 is 1.30 bits per heavy atom. The molecular formula is C21H43N2NaO3. The maximum atomic E-state index is 11.9. The predicted molar refractivity (Wildman–Crippen MR) is 115 cm³/mol. The third-order valence-electron chi connectivity index (χ3n) is 4.84. The number of carboxylic acids is 1. The summed E-state index contributed by atoms with van der Waals surface area (Å²) in [4.78, 5) is 23.0. The fourth-order valence-electron chi connectivity index (χ4n) is 3.14. The molecule has 0 heterocycles. The van der Waals surface area contributed by atoms with Crippen LogP contribution in [-0.4, -0.2) is 59.1 Å². The molecule has 0 aromatic heterocycles. The number of carbonyl (C=O) groups excluding carboxylic acids is 1. The van der Waals surface area contributed by atoms with Gasteiger partial charge >= 0.3 is 35.5 Å². The van der Waals surface area contributed by atoms with Gasteiger partial charge < -0.3 is 16.2 Å². The van der Waals surface area contributed by atoms with Crippen LogP contribution in [0.25, 0.3) is 0 Å². The van der Waals surface area contributed by atoms with E-state index in [2.05, 4.69) is 12.2 Å². The maximum absolute atomic E-state index is 11.9. The second-order valence-corrected chi connectivity index (χ2v) is 7.38. The number of amides is 1. The molecule has 0 unspecified atom stereocenters. The van der Waals surface area contributed by atoms with Crippen molar-refractivity contribution >= 4 is 41.4 Å². The molecule has 0 radical (unpaired) electrons. The minimum absolute atomic E-state index is 0. The molecule has 5 nitrogen and oxygen atoms in total. The molecule has 27 heavy (non-hydrogen) atoms. The van der Waals surface area contributed by atoms with Gasteiger partial charge in [0.15, 0.2) is 0 Å². The molecule has 0 aliphatic rings. The Morgan fingerprint density at radius 1 is 0.815 bits per heavy atom. The van der Waals surface area contributed by atoms with Crippen molar-refractivity contribution in [2.75, 3.05) is 6.54 Å². The van der Waals surface area contributed by atoms with Crippen LogP contribution in [0.2, 0.25) is 0 Å². The van der Waals surface area contributed by atoms with E-state index in [0.29, 0.717) is 19.4 Å². The number of rotatable bonds is 19. The van der Waals surface area contributed by atoms with E-state index in [4.69, 9.17) is 10.8 Å². The Kier molecular flexibility index (Phi) is 23.9. The van der Waals surface area contributed by atoms with E-state index in [1.807, 2.05) is 0 Å². The molecule has 0 rings (SSSR count). The van der Waals surface area contributed by atoms with Gasteiger partial charge in [0.2, 0.25) is 5.91 Å². The van der Waals surface area contributed by atoms with E-state index in [-0.39, 0.29) is 35.5 Å². The van der Waals surface area contributed by atoms with Crippen molar-refractivity contribution in [3.63, 3.8) is 0 Å². The number of carbonyl (C=O) groups is 2. The van der Waals surface area contributed by atoms with E-state index in [0.717, 1.165) is 25.7 Å². The van der Waals surface area contributed by atoms with Gasteiger partial charge in [0.1, 0.15) is 6.04 Å². The van der Waals surface area contributed by atoms with E-state index in [9.17, 15) is 9.59 Å². The van der Waals surface area contributed by atoms with Gasteiger partial charge in [-0.2, -0.15) is 0 Å². The summed E-state index contributed by atoms with van der Waals surface area (Å²) < 4.78 is 0. The average Bonchev–Trinajstić information content (AvgIpc) is 2.61. The molecule has 0 saturated carbocycles. The average molecular weight is 395 g/mol. The molecule has 0 aliphatic heterocycles. The van der Waals surface area contributed by atoms with Crippen LogP contribution in [0, 0.1) is 0 Å². The summed E-state index contributed by atoms with van der Waals surface area (Å²) in [5.41, 5.74) is 5.41. The van der Waals surface area contributed by atoms with Gasteiger partial charge in [0.25, 0.3) is 0 Å². The summed E-state index contributed by atoms with van der Waals surface area (Å²) in [7, 11) is 0. The summed E-state index contributed by atoms with van der Waals surface area (Å²) in [5, 5.41) is 11.8. The number of nitrogens with two attached hydrogens (primary N) is 1. The Morgan fingerprint density at radius 3 is 1.74 bits per heavy atom. The first-order valence-electron chi connectivity index (χ1n) is 10.8. The van der Waals surface area contributed by atoms with Crippen LogP contribution in [0.4, 0.5) is 0 Å². The number of hydrogen-bond donors (Lipinski definition) is 3. The first-order valence-corrected chi connectivity index (χ1v) is 10.8. The summed E-state index contributed by atoms with van der Waals surface area (Å²) in [6, 6.07) is -0.772. The topological polar surface area (TPSA) is 92.4 Å². The number of hydrogen-bond acceptors (Lipinski definition) is 3. The van der Waals surface area contributed by atoms with Gasteiger partial charge in [0.05, 0.1) is 0 Å². The van der Waals surface area contributed by atoms with Crippen molar-refractivity contribution < 1.29 is 14.7 Å². The third kappa shape index (κ3) is 20.4. The molecule has 1 atom stereocenters. The number of aliphatic carboxylic acids is 1. The van der Waals surface area contributed by atoms with Gasteiger partial charge in [-0.1, -0.05) is 77.6 Å². The third-order valence-corrected chi connectivity index (χ3v) is 4.84. The Bertz CT molecular complexity index is 354. The van der Waals surface area contributed by atoms with Crippen LogP contribution < -0.4 is 11.1 Å². The van der Waals surface area contributed by atoms with Gasteiger partial charge in [-0.05, 0) is 32.2 Å². The Hall–Kier alpha value is -0.100. The Balaban J connectivity index is 0. The minimum atomic E-state index is -0.954. The van der Waals surface area contributed by atoms with Crippen molar-refractivity contribution in [2.24, 2.45) is 5.73 Å². The van der Waals surface area contributed by atoms with Crippen molar-refractivity contribution in [1.82, 2.24) is 5.32 Å². The second kappa shape index (κ2) is 22.2. The molecule has 6 heteroatoms. The Labute approximate surface area is 188 Å². The molecule has 4 N–H and O–H groups in total. The zero-order chi connectivity index (χ0) is 19.5. The van der Waals surface area contributed by atoms with E-state index in [1.165, 1.54) is 64.2 Å². The number of unbranched alkanes of at least 4 members (excludes halogenated alkanes) is 12. The van der Waals surface area contributed by atoms with E-state index in [1.54, 1.807) is 0 Å². The SMILES string of the molecule is CCCCCCCCCCCCCCC(=O)N[C@@H](CCCCN)C(=O)O.[NaH]. The van der Waals surface area contributed by atoms with Gasteiger partial charge in [-0.3, -0.25) is 4.79 Å². The fourth-order valence-corrected chi connectivity index (χ4v) is 3.14. The van der Waals surface area contributed by atoms with Crippen molar-refractivity contribution in [2.45, 2.75) is 116 Å². The molecule has 0 fully saturated rings. The summed E-state index contributed by atoms with van der Waals surface area (Å²) in [5.74, 6) is -1.10. The van der Waals surface area contributed by atoms with Crippen LogP contribution in [0.3, 0.4) is 0 Å². The zero-order valence-electron chi connectivity index (χ0n) is 16.9. The van der Waals surface area contributed by atoms with Crippen LogP contribution in [0.1, 0.15) is 110 Å². The molecule has 0 aromatic carbocycles. The van der Waals surface area contributed by atoms with Crippen LogP contribution in [0.5, 0.6) is 0 Å². The van der Waals surface area contributed by atoms with Crippen LogP contribution in [0.15, 0.2) is 0 Å². The van der Waals surface area contributed by atoms with Gasteiger partial charge in [-0.15, -0.1) is 0 Å². The molecule has 0 aromatic rings. The van der Waals surface area contributed by atoms with Crippen molar-refractivity contribution in [1.29, 1.82) is 0 Å².